The fraction of sp³-hybridized carbons (Fsp3) is 0.500. The summed E-state index contributed by atoms with van der Waals surface area (Å²) in [4.78, 5) is 11.3. The molecule has 1 aliphatic carbocycles. The molecule has 0 amide bonds. The van der Waals surface area contributed by atoms with Crippen LogP contribution in [0.3, 0.4) is 0 Å². The van der Waals surface area contributed by atoms with E-state index in [1.165, 1.54) is 6.07 Å². The molecule has 1 saturated carbocycles. The Labute approximate surface area is 132 Å². The van der Waals surface area contributed by atoms with Gasteiger partial charge >= 0.3 is 5.97 Å². The zero-order valence-corrected chi connectivity index (χ0v) is 14.1. The Kier molecular flexibility index (Phi) is 5.06. The first-order chi connectivity index (χ1) is 9.81. The molecular weight excluding hydrogens is 358 g/mol. The van der Waals surface area contributed by atoms with Crippen molar-refractivity contribution in [3.63, 3.8) is 0 Å². The summed E-state index contributed by atoms with van der Waals surface area (Å²) in [5.74, 6) is -1.41. The van der Waals surface area contributed by atoms with E-state index in [2.05, 4.69) is 20.7 Å². The van der Waals surface area contributed by atoms with Gasteiger partial charge < -0.3 is 5.11 Å². The first-order valence-electron chi connectivity index (χ1n) is 6.80. The quantitative estimate of drug-likeness (QED) is 0.827. The second-order valence-corrected chi connectivity index (χ2v) is 8.02. The molecule has 1 aromatic carbocycles. The van der Waals surface area contributed by atoms with Crippen molar-refractivity contribution >= 4 is 31.9 Å². The molecule has 0 aromatic heterocycles. The van der Waals surface area contributed by atoms with Crippen LogP contribution in [0.1, 0.15) is 24.8 Å². The number of carbonyl (C=O) groups is 1. The molecule has 0 spiro atoms. The molecule has 5 nitrogen and oxygen atoms in total. The van der Waals surface area contributed by atoms with Crippen LogP contribution in [0.25, 0.3) is 0 Å². The average molecular weight is 376 g/mol. The maximum atomic E-state index is 12.3. The molecule has 0 saturated heterocycles. The molecule has 2 N–H and O–H groups in total. The Morgan fingerprint density at radius 2 is 2.14 bits per heavy atom. The van der Waals surface area contributed by atoms with Gasteiger partial charge in [0.25, 0.3) is 0 Å². The third kappa shape index (κ3) is 3.84. The predicted molar refractivity (Wildman–Crippen MR) is 82.5 cm³/mol. The molecule has 21 heavy (non-hydrogen) atoms. The first-order valence-corrected chi connectivity index (χ1v) is 9.07. The van der Waals surface area contributed by atoms with Crippen LogP contribution in [-0.4, -0.2) is 26.0 Å². The fourth-order valence-corrected chi connectivity index (χ4v) is 4.12. The van der Waals surface area contributed by atoms with E-state index < -0.39 is 21.9 Å². The van der Waals surface area contributed by atoms with Crippen molar-refractivity contribution < 1.29 is 18.3 Å². The molecule has 0 heterocycles. The van der Waals surface area contributed by atoms with Gasteiger partial charge in [0.05, 0.1) is 10.8 Å². The minimum Gasteiger partial charge on any atom is -0.481 e. The van der Waals surface area contributed by atoms with Gasteiger partial charge in [0.2, 0.25) is 10.0 Å². The van der Waals surface area contributed by atoms with Crippen molar-refractivity contribution in [2.24, 2.45) is 11.8 Å². The number of nitrogens with one attached hydrogen (secondary N) is 1. The number of halogens is 1. The van der Waals surface area contributed by atoms with E-state index in [0.717, 1.165) is 22.9 Å². The molecule has 0 bridgehead atoms. The molecule has 2 atom stereocenters. The van der Waals surface area contributed by atoms with Crippen molar-refractivity contribution in [2.75, 3.05) is 6.54 Å². The summed E-state index contributed by atoms with van der Waals surface area (Å²) in [7, 11) is -3.60. The fourth-order valence-electron chi connectivity index (χ4n) is 2.69. The zero-order valence-electron chi connectivity index (χ0n) is 11.7. The number of sulfonamides is 1. The van der Waals surface area contributed by atoms with Gasteiger partial charge in [-0.15, -0.1) is 0 Å². The first kappa shape index (κ1) is 16.5. The van der Waals surface area contributed by atoms with Crippen molar-refractivity contribution in [2.45, 2.75) is 31.1 Å². The van der Waals surface area contributed by atoms with Crippen LogP contribution >= 0.6 is 15.9 Å². The number of rotatable bonds is 5. The molecule has 0 radical (unpaired) electrons. The number of aryl methyl sites for hydroxylation is 1. The lowest BCUT2D eigenvalue weighted by atomic mass is 9.97. The van der Waals surface area contributed by atoms with Crippen molar-refractivity contribution in [1.82, 2.24) is 4.72 Å². The summed E-state index contributed by atoms with van der Waals surface area (Å²) in [5.41, 5.74) is 0.835. The second-order valence-electron chi connectivity index (χ2n) is 5.40. The lowest BCUT2D eigenvalue weighted by Gasteiger charge is -2.16. The van der Waals surface area contributed by atoms with Gasteiger partial charge in [0, 0.05) is 11.0 Å². The minimum absolute atomic E-state index is 0.131. The van der Waals surface area contributed by atoms with Crippen LogP contribution < -0.4 is 4.72 Å². The van der Waals surface area contributed by atoms with Crippen LogP contribution in [0.5, 0.6) is 0 Å². The number of hydrogen-bond acceptors (Lipinski definition) is 3. The summed E-state index contributed by atoms with van der Waals surface area (Å²) in [6.45, 7) is 1.99. The lowest BCUT2D eigenvalue weighted by Crippen LogP contribution is -2.33. The van der Waals surface area contributed by atoms with E-state index in [-0.39, 0.29) is 17.4 Å². The highest BCUT2D eigenvalue weighted by molar-refractivity contribution is 9.10. The largest absolute Gasteiger partial charge is 0.481 e. The van der Waals surface area contributed by atoms with E-state index in [9.17, 15) is 13.2 Å². The van der Waals surface area contributed by atoms with Gasteiger partial charge in [0.15, 0.2) is 0 Å². The highest BCUT2D eigenvalue weighted by Crippen LogP contribution is 2.31. The van der Waals surface area contributed by atoms with E-state index in [4.69, 9.17) is 5.11 Å². The Bertz CT molecular complexity index is 644. The number of hydrogen-bond donors (Lipinski definition) is 2. The van der Waals surface area contributed by atoms with Gasteiger partial charge in [0.1, 0.15) is 0 Å². The highest BCUT2D eigenvalue weighted by Gasteiger charge is 2.33. The van der Waals surface area contributed by atoms with Crippen LogP contribution in [-0.2, 0) is 14.8 Å². The van der Waals surface area contributed by atoms with Crippen molar-refractivity contribution in [3.05, 3.63) is 28.2 Å². The normalized spacial score (nSPS) is 22.4. The number of benzene rings is 1. The van der Waals surface area contributed by atoms with Crippen LogP contribution in [0, 0.1) is 18.8 Å². The maximum absolute atomic E-state index is 12.3. The monoisotopic (exact) mass is 375 g/mol. The SMILES string of the molecule is Cc1cc(S(=O)(=O)NCC2CCCC2C(=O)O)ccc1Br. The topological polar surface area (TPSA) is 83.5 Å². The van der Waals surface area contributed by atoms with Crippen LogP contribution in [0.4, 0.5) is 0 Å². The molecule has 1 aromatic rings. The molecular formula is C14H18BrNO4S. The molecule has 2 rings (SSSR count). The summed E-state index contributed by atoms with van der Waals surface area (Å²) < 4.78 is 27.9. The van der Waals surface area contributed by atoms with Crippen LogP contribution in [0.2, 0.25) is 0 Å². The smallest absolute Gasteiger partial charge is 0.306 e. The Hall–Kier alpha value is -0.920. The molecule has 116 valence electrons. The van der Waals surface area contributed by atoms with Gasteiger partial charge in [-0.25, -0.2) is 13.1 Å². The van der Waals surface area contributed by atoms with Crippen LogP contribution in [0.15, 0.2) is 27.6 Å². The molecule has 1 aliphatic rings. The Morgan fingerprint density at radius 1 is 1.43 bits per heavy atom. The summed E-state index contributed by atoms with van der Waals surface area (Å²) >= 11 is 3.33. The third-order valence-electron chi connectivity index (χ3n) is 3.95. The number of aliphatic carboxylic acids is 1. The molecule has 2 unspecified atom stereocenters. The zero-order chi connectivity index (χ0) is 15.6. The highest BCUT2D eigenvalue weighted by atomic mass is 79.9. The van der Waals surface area contributed by atoms with E-state index >= 15 is 0 Å². The van der Waals surface area contributed by atoms with E-state index in [0.29, 0.717) is 6.42 Å². The predicted octanol–water partition coefficient (Wildman–Crippen LogP) is 2.54. The summed E-state index contributed by atoms with van der Waals surface area (Å²) in [6, 6.07) is 4.82. The van der Waals surface area contributed by atoms with Crippen molar-refractivity contribution in [3.8, 4) is 0 Å². The number of carboxylic acids is 1. The van der Waals surface area contributed by atoms with E-state index in [1.807, 2.05) is 6.92 Å². The minimum atomic E-state index is -3.60. The molecule has 0 aliphatic heterocycles. The van der Waals surface area contributed by atoms with Crippen molar-refractivity contribution in [1.29, 1.82) is 0 Å². The maximum Gasteiger partial charge on any atom is 0.306 e. The average Bonchev–Trinajstić information content (AvgIpc) is 2.88. The van der Waals surface area contributed by atoms with Gasteiger partial charge in [-0.1, -0.05) is 22.4 Å². The standard InChI is InChI=1S/C14H18BrNO4S/c1-9-7-11(5-6-13(9)15)21(19,20)16-8-10-3-2-4-12(10)14(17)18/h5-7,10,12,16H,2-4,8H2,1H3,(H,17,18). The van der Waals surface area contributed by atoms with Gasteiger partial charge in [-0.2, -0.15) is 0 Å². The lowest BCUT2D eigenvalue weighted by molar-refractivity contribution is -0.142. The Balaban J connectivity index is 2.07. The second kappa shape index (κ2) is 6.46. The van der Waals surface area contributed by atoms with E-state index in [1.54, 1.807) is 12.1 Å². The molecule has 7 heteroatoms. The number of carboxylic acid groups (broad SMARTS) is 1. The third-order valence-corrected chi connectivity index (χ3v) is 6.26. The van der Waals surface area contributed by atoms with Gasteiger partial charge in [-0.3, -0.25) is 4.79 Å². The van der Waals surface area contributed by atoms with Gasteiger partial charge in [-0.05, 0) is 49.4 Å². The molecule has 1 fully saturated rings. The summed E-state index contributed by atoms with van der Waals surface area (Å²) in [6.07, 6.45) is 2.21. The summed E-state index contributed by atoms with van der Waals surface area (Å²) in [5, 5.41) is 9.11. The Morgan fingerprint density at radius 3 is 2.76 bits per heavy atom.